The maximum Gasteiger partial charge on any atom is 0.191 e. The third-order valence-electron chi connectivity index (χ3n) is 2.41. The molecule has 0 unspecified atom stereocenters. The van der Waals surface area contributed by atoms with Crippen LogP contribution in [0.3, 0.4) is 0 Å². The number of ether oxygens (including phenoxy) is 1. The first-order valence-corrected chi connectivity index (χ1v) is 5.61. The molecule has 5 nitrogen and oxygen atoms in total. The molecule has 0 fully saturated rings. The molecule has 0 atom stereocenters. The van der Waals surface area contributed by atoms with Crippen LogP contribution < -0.4 is 10.5 Å². The number of nitrogens with two attached hydrogens (primary N) is 1. The fourth-order valence-corrected chi connectivity index (χ4v) is 1.49. The lowest BCUT2D eigenvalue weighted by Crippen LogP contribution is -1.99. The summed E-state index contributed by atoms with van der Waals surface area (Å²) in [5, 5.41) is 7.24. The standard InChI is InChI=1S/C12H15N3O2/c13-12-11(14-17-15-12)8-4-5-9-16-10-6-2-1-3-7-10/h1-3,6-7H,4-5,8-9H2,(H2,13,15). The normalized spacial score (nSPS) is 10.4. The van der Waals surface area contributed by atoms with Gasteiger partial charge in [-0.1, -0.05) is 23.4 Å². The van der Waals surface area contributed by atoms with E-state index in [0.717, 1.165) is 30.7 Å². The first kappa shape index (κ1) is 11.4. The topological polar surface area (TPSA) is 74.2 Å². The monoisotopic (exact) mass is 233 g/mol. The average Bonchev–Trinajstić information content (AvgIpc) is 2.76. The van der Waals surface area contributed by atoms with Gasteiger partial charge in [0.2, 0.25) is 0 Å². The van der Waals surface area contributed by atoms with E-state index in [1.54, 1.807) is 0 Å². The number of nitrogen functional groups attached to an aromatic ring is 1. The van der Waals surface area contributed by atoms with Gasteiger partial charge in [-0.15, -0.1) is 0 Å². The Morgan fingerprint density at radius 3 is 2.65 bits per heavy atom. The van der Waals surface area contributed by atoms with E-state index in [9.17, 15) is 0 Å². The van der Waals surface area contributed by atoms with Crippen LogP contribution in [0.25, 0.3) is 0 Å². The highest BCUT2D eigenvalue weighted by atomic mass is 16.6. The molecule has 17 heavy (non-hydrogen) atoms. The number of unbranched alkanes of at least 4 members (excludes halogenated alkanes) is 1. The fourth-order valence-electron chi connectivity index (χ4n) is 1.49. The zero-order chi connectivity index (χ0) is 11.9. The number of hydrogen-bond acceptors (Lipinski definition) is 5. The molecule has 90 valence electrons. The van der Waals surface area contributed by atoms with Gasteiger partial charge in [0, 0.05) is 0 Å². The van der Waals surface area contributed by atoms with Crippen LogP contribution >= 0.6 is 0 Å². The average molecular weight is 233 g/mol. The number of nitrogens with zero attached hydrogens (tertiary/aromatic N) is 2. The van der Waals surface area contributed by atoms with Crippen molar-refractivity contribution in [1.29, 1.82) is 0 Å². The zero-order valence-corrected chi connectivity index (χ0v) is 9.50. The minimum absolute atomic E-state index is 0.383. The van der Waals surface area contributed by atoms with Crippen molar-refractivity contribution >= 4 is 5.82 Å². The maximum absolute atomic E-state index is 5.56. The van der Waals surface area contributed by atoms with Gasteiger partial charge < -0.3 is 10.5 Å². The summed E-state index contributed by atoms with van der Waals surface area (Å²) in [4.78, 5) is 0. The Bertz CT molecular complexity index is 442. The van der Waals surface area contributed by atoms with Crippen LogP contribution in [-0.4, -0.2) is 16.9 Å². The summed E-state index contributed by atoms with van der Waals surface area (Å²) in [5.74, 6) is 1.28. The molecule has 0 spiro atoms. The van der Waals surface area contributed by atoms with Crippen LogP contribution in [0.4, 0.5) is 5.82 Å². The summed E-state index contributed by atoms with van der Waals surface area (Å²) < 4.78 is 10.1. The predicted octanol–water partition coefficient (Wildman–Crippen LogP) is 2.05. The fraction of sp³-hybridized carbons (Fsp3) is 0.333. The predicted molar refractivity (Wildman–Crippen MR) is 63.6 cm³/mol. The van der Waals surface area contributed by atoms with E-state index < -0.39 is 0 Å². The molecular weight excluding hydrogens is 218 g/mol. The molecule has 0 aliphatic rings. The summed E-state index contributed by atoms with van der Waals surface area (Å²) in [5.41, 5.74) is 6.27. The Morgan fingerprint density at radius 2 is 1.94 bits per heavy atom. The van der Waals surface area contributed by atoms with Gasteiger partial charge in [-0.2, -0.15) is 0 Å². The molecule has 0 aliphatic heterocycles. The van der Waals surface area contributed by atoms with E-state index in [-0.39, 0.29) is 0 Å². The van der Waals surface area contributed by atoms with E-state index in [4.69, 9.17) is 10.5 Å². The van der Waals surface area contributed by atoms with Crippen molar-refractivity contribution in [2.24, 2.45) is 0 Å². The van der Waals surface area contributed by atoms with Gasteiger partial charge in [0.25, 0.3) is 0 Å². The Hall–Kier alpha value is -2.04. The van der Waals surface area contributed by atoms with Crippen molar-refractivity contribution < 1.29 is 9.37 Å². The van der Waals surface area contributed by atoms with Crippen molar-refractivity contribution in [3.63, 3.8) is 0 Å². The van der Waals surface area contributed by atoms with Crippen LogP contribution in [0, 0.1) is 0 Å². The number of anilines is 1. The lowest BCUT2D eigenvalue weighted by molar-refractivity contribution is 0.298. The summed E-state index contributed by atoms with van der Waals surface area (Å²) in [6.07, 6.45) is 2.67. The first-order chi connectivity index (χ1) is 8.36. The van der Waals surface area contributed by atoms with Gasteiger partial charge in [-0.25, -0.2) is 4.63 Å². The molecule has 0 bridgehead atoms. The number of rotatable bonds is 6. The minimum Gasteiger partial charge on any atom is -0.494 e. The highest BCUT2D eigenvalue weighted by Gasteiger charge is 2.04. The van der Waals surface area contributed by atoms with Crippen LogP contribution in [0.2, 0.25) is 0 Å². The van der Waals surface area contributed by atoms with Crippen molar-refractivity contribution in [2.75, 3.05) is 12.3 Å². The van der Waals surface area contributed by atoms with Gasteiger partial charge >= 0.3 is 0 Å². The van der Waals surface area contributed by atoms with Crippen LogP contribution in [-0.2, 0) is 6.42 Å². The molecule has 1 aromatic carbocycles. The molecular formula is C12H15N3O2. The Morgan fingerprint density at radius 1 is 1.12 bits per heavy atom. The summed E-state index contributed by atoms with van der Waals surface area (Å²) in [7, 11) is 0. The Balaban J connectivity index is 1.63. The SMILES string of the molecule is Nc1nonc1CCCCOc1ccccc1. The molecule has 0 amide bonds. The summed E-state index contributed by atoms with van der Waals surface area (Å²) in [6.45, 7) is 0.690. The van der Waals surface area contributed by atoms with Crippen LogP contribution in [0.5, 0.6) is 5.75 Å². The lowest BCUT2D eigenvalue weighted by atomic mass is 10.2. The number of aromatic nitrogens is 2. The first-order valence-electron chi connectivity index (χ1n) is 5.61. The molecule has 0 radical (unpaired) electrons. The van der Waals surface area contributed by atoms with E-state index in [2.05, 4.69) is 14.9 Å². The molecule has 0 saturated heterocycles. The van der Waals surface area contributed by atoms with Gasteiger partial charge in [-0.05, 0) is 36.6 Å². The second-order valence-electron chi connectivity index (χ2n) is 3.71. The largest absolute Gasteiger partial charge is 0.494 e. The Labute approximate surface area is 99.5 Å². The molecule has 2 N–H and O–H groups in total. The summed E-state index contributed by atoms with van der Waals surface area (Å²) >= 11 is 0. The van der Waals surface area contributed by atoms with E-state index in [0.29, 0.717) is 12.4 Å². The number of para-hydroxylation sites is 1. The van der Waals surface area contributed by atoms with Gasteiger partial charge in [0.1, 0.15) is 11.4 Å². The summed E-state index contributed by atoms with van der Waals surface area (Å²) in [6, 6.07) is 9.76. The second kappa shape index (κ2) is 5.89. The van der Waals surface area contributed by atoms with Crippen molar-refractivity contribution in [3.05, 3.63) is 36.0 Å². The lowest BCUT2D eigenvalue weighted by Gasteiger charge is -2.04. The van der Waals surface area contributed by atoms with Crippen molar-refractivity contribution in [2.45, 2.75) is 19.3 Å². The molecule has 1 heterocycles. The van der Waals surface area contributed by atoms with Crippen molar-refractivity contribution in [3.8, 4) is 5.75 Å². The third-order valence-corrected chi connectivity index (χ3v) is 2.41. The van der Waals surface area contributed by atoms with E-state index in [1.807, 2.05) is 30.3 Å². The molecule has 1 aromatic heterocycles. The molecule has 0 aliphatic carbocycles. The van der Waals surface area contributed by atoms with Gasteiger partial charge in [0.05, 0.1) is 6.61 Å². The van der Waals surface area contributed by atoms with Crippen LogP contribution in [0.1, 0.15) is 18.5 Å². The van der Waals surface area contributed by atoms with E-state index >= 15 is 0 Å². The number of benzene rings is 1. The molecule has 5 heteroatoms. The highest BCUT2D eigenvalue weighted by Crippen LogP contribution is 2.11. The maximum atomic E-state index is 5.56. The van der Waals surface area contributed by atoms with Gasteiger partial charge in [-0.3, -0.25) is 0 Å². The van der Waals surface area contributed by atoms with Crippen molar-refractivity contribution in [1.82, 2.24) is 10.3 Å². The highest BCUT2D eigenvalue weighted by molar-refractivity contribution is 5.30. The minimum atomic E-state index is 0.383. The van der Waals surface area contributed by atoms with Gasteiger partial charge in [0.15, 0.2) is 5.82 Å². The number of hydrogen-bond donors (Lipinski definition) is 1. The smallest absolute Gasteiger partial charge is 0.191 e. The van der Waals surface area contributed by atoms with Crippen LogP contribution in [0.15, 0.2) is 35.0 Å². The molecule has 2 rings (SSSR count). The Kier molecular flexibility index (Phi) is 3.96. The zero-order valence-electron chi connectivity index (χ0n) is 9.50. The molecule has 2 aromatic rings. The third kappa shape index (κ3) is 3.48. The molecule has 0 saturated carbocycles. The van der Waals surface area contributed by atoms with E-state index in [1.165, 1.54) is 0 Å². The quantitative estimate of drug-likeness (QED) is 0.773. The second-order valence-corrected chi connectivity index (χ2v) is 3.71. The number of aryl methyl sites for hydroxylation is 1.